The first kappa shape index (κ1) is 14.4. The van der Waals surface area contributed by atoms with Crippen molar-refractivity contribution in [1.82, 2.24) is 20.1 Å². The van der Waals surface area contributed by atoms with Gasteiger partial charge in [-0.05, 0) is 36.3 Å². The number of rotatable bonds is 5. The minimum atomic E-state index is -0.258. The second-order valence-corrected chi connectivity index (χ2v) is 4.68. The van der Waals surface area contributed by atoms with Gasteiger partial charge in [0.2, 0.25) is 5.95 Å². The van der Waals surface area contributed by atoms with Crippen LogP contribution in [-0.4, -0.2) is 26.4 Å². The van der Waals surface area contributed by atoms with Crippen molar-refractivity contribution in [2.45, 2.75) is 19.9 Å². The summed E-state index contributed by atoms with van der Waals surface area (Å²) in [6.07, 6.45) is 2.57. The number of halogens is 1. The van der Waals surface area contributed by atoms with Gasteiger partial charge in [-0.1, -0.05) is 19.1 Å². The Hall–Kier alpha value is -2.02. The number of aromatic nitrogens is 3. The monoisotopic (exact) mass is 293 g/mol. The molecule has 0 fully saturated rings. The molecule has 0 saturated carbocycles. The predicted molar refractivity (Wildman–Crippen MR) is 80.0 cm³/mol. The third kappa shape index (κ3) is 4.27. The zero-order valence-electron chi connectivity index (χ0n) is 11.1. The molecule has 0 aliphatic rings. The molecular formula is C13H16FN5S. The highest BCUT2D eigenvalue weighted by atomic mass is 32.1. The Kier molecular flexibility index (Phi) is 5.00. The SMILES string of the molecule is CCCNC(=S)Nc1ncn(Cc2cccc(F)c2)n1. The Balaban J connectivity index is 1.93. The molecule has 0 radical (unpaired) electrons. The van der Waals surface area contributed by atoms with Crippen LogP contribution in [0.25, 0.3) is 0 Å². The van der Waals surface area contributed by atoms with E-state index in [1.165, 1.54) is 12.1 Å². The van der Waals surface area contributed by atoms with Gasteiger partial charge in [0.1, 0.15) is 12.1 Å². The molecule has 1 aromatic carbocycles. The van der Waals surface area contributed by atoms with Crippen LogP contribution in [0.15, 0.2) is 30.6 Å². The molecule has 1 aromatic heterocycles. The molecule has 0 aliphatic heterocycles. The van der Waals surface area contributed by atoms with E-state index in [9.17, 15) is 4.39 Å². The fourth-order valence-electron chi connectivity index (χ4n) is 1.63. The molecule has 0 unspecified atom stereocenters. The van der Waals surface area contributed by atoms with Crippen LogP contribution in [0.2, 0.25) is 0 Å². The third-order valence-electron chi connectivity index (χ3n) is 2.53. The second-order valence-electron chi connectivity index (χ2n) is 4.28. The van der Waals surface area contributed by atoms with Crippen molar-refractivity contribution in [2.24, 2.45) is 0 Å². The van der Waals surface area contributed by atoms with E-state index in [0.29, 0.717) is 17.6 Å². The number of anilines is 1. The van der Waals surface area contributed by atoms with E-state index in [2.05, 4.69) is 27.6 Å². The van der Waals surface area contributed by atoms with Gasteiger partial charge in [0.05, 0.1) is 6.54 Å². The maximum absolute atomic E-state index is 13.1. The normalized spacial score (nSPS) is 10.3. The lowest BCUT2D eigenvalue weighted by atomic mass is 10.2. The van der Waals surface area contributed by atoms with Gasteiger partial charge in [-0.25, -0.2) is 14.1 Å². The van der Waals surface area contributed by atoms with Crippen LogP contribution in [0, 0.1) is 5.82 Å². The molecule has 0 saturated heterocycles. The fourth-order valence-corrected chi connectivity index (χ4v) is 1.83. The van der Waals surface area contributed by atoms with Crippen molar-refractivity contribution in [3.05, 3.63) is 42.0 Å². The average molecular weight is 293 g/mol. The lowest BCUT2D eigenvalue weighted by Crippen LogP contribution is -2.29. The minimum absolute atomic E-state index is 0.258. The summed E-state index contributed by atoms with van der Waals surface area (Å²) in [6, 6.07) is 6.40. The van der Waals surface area contributed by atoms with Gasteiger partial charge >= 0.3 is 0 Å². The third-order valence-corrected chi connectivity index (χ3v) is 2.78. The van der Waals surface area contributed by atoms with Gasteiger partial charge in [-0.3, -0.25) is 5.32 Å². The molecule has 5 nitrogen and oxygen atoms in total. The smallest absolute Gasteiger partial charge is 0.248 e. The molecule has 0 amide bonds. The summed E-state index contributed by atoms with van der Waals surface area (Å²) in [7, 11) is 0. The van der Waals surface area contributed by atoms with Gasteiger partial charge in [0.15, 0.2) is 5.11 Å². The Labute approximate surface area is 122 Å². The zero-order valence-corrected chi connectivity index (χ0v) is 12.0. The van der Waals surface area contributed by atoms with Crippen LogP contribution in [0.1, 0.15) is 18.9 Å². The maximum Gasteiger partial charge on any atom is 0.248 e. The summed E-state index contributed by atoms with van der Waals surface area (Å²) in [5.41, 5.74) is 0.827. The molecule has 20 heavy (non-hydrogen) atoms. The Bertz CT molecular complexity index is 584. The fraction of sp³-hybridized carbons (Fsp3) is 0.308. The standard InChI is InChI=1S/C13H16FN5S/c1-2-6-15-13(20)17-12-16-9-19(18-12)8-10-4-3-5-11(14)7-10/h3-5,7,9H,2,6,8H2,1H3,(H2,15,17,18,20). The summed E-state index contributed by atoms with van der Waals surface area (Å²) in [5, 5.41) is 10.6. The quantitative estimate of drug-likeness (QED) is 0.827. The first-order chi connectivity index (χ1) is 9.67. The lowest BCUT2D eigenvalue weighted by Gasteiger charge is -2.05. The molecule has 2 aromatic rings. The van der Waals surface area contributed by atoms with E-state index in [0.717, 1.165) is 18.5 Å². The maximum atomic E-state index is 13.1. The molecule has 2 N–H and O–H groups in total. The number of nitrogens with one attached hydrogen (secondary N) is 2. The van der Waals surface area contributed by atoms with E-state index in [1.54, 1.807) is 17.1 Å². The van der Waals surface area contributed by atoms with Gasteiger partial charge in [0, 0.05) is 6.54 Å². The molecule has 106 valence electrons. The van der Waals surface area contributed by atoms with E-state index < -0.39 is 0 Å². The van der Waals surface area contributed by atoms with Crippen molar-refractivity contribution in [3.63, 3.8) is 0 Å². The number of hydrogen-bond donors (Lipinski definition) is 2. The summed E-state index contributed by atoms with van der Waals surface area (Å²) >= 11 is 5.10. The van der Waals surface area contributed by atoms with Crippen LogP contribution < -0.4 is 10.6 Å². The molecule has 7 heteroatoms. The molecule has 1 heterocycles. The Morgan fingerprint density at radius 3 is 3.05 bits per heavy atom. The topological polar surface area (TPSA) is 54.8 Å². The summed E-state index contributed by atoms with van der Waals surface area (Å²) in [4.78, 5) is 4.10. The Morgan fingerprint density at radius 1 is 1.45 bits per heavy atom. The highest BCUT2D eigenvalue weighted by molar-refractivity contribution is 7.80. The van der Waals surface area contributed by atoms with Crippen LogP contribution >= 0.6 is 12.2 Å². The van der Waals surface area contributed by atoms with E-state index in [-0.39, 0.29) is 5.82 Å². The van der Waals surface area contributed by atoms with Crippen LogP contribution in [0.5, 0.6) is 0 Å². The van der Waals surface area contributed by atoms with Crippen LogP contribution in [0.4, 0.5) is 10.3 Å². The molecule has 0 aliphatic carbocycles. The number of thiocarbonyl (C=S) groups is 1. The highest BCUT2D eigenvalue weighted by Gasteiger charge is 2.04. The van der Waals surface area contributed by atoms with E-state index >= 15 is 0 Å². The zero-order chi connectivity index (χ0) is 14.4. The number of nitrogens with zero attached hydrogens (tertiary/aromatic N) is 3. The molecular weight excluding hydrogens is 277 g/mol. The highest BCUT2D eigenvalue weighted by Crippen LogP contribution is 2.06. The van der Waals surface area contributed by atoms with Crippen molar-refractivity contribution in [3.8, 4) is 0 Å². The molecule has 0 spiro atoms. The molecule has 0 atom stereocenters. The van der Waals surface area contributed by atoms with E-state index in [4.69, 9.17) is 12.2 Å². The average Bonchev–Trinajstić information content (AvgIpc) is 2.83. The summed E-state index contributed by atoms with van der Waals surface area (Å²) < 4.78 is 14.7. The first-order valence-electron chi connectivity index (χ1n) is 6.36. The van der Waals surface area contributed by atoms with Crippen molar-refractivity contribution in [2.75, 3.05) is 11.9 Å². The molecule has 0 bridgehead atoms. The number of benzene rings is 1. The largest absolute Gasteiger partial charge is 0.362 e. The minimum Gasteiger partial charge on any atom is -0.362 e. The van der Waals surface area contributed by atoms with Crippen molar-refractivity contribution >= 4 is 23.3 Å². The number of hydrogen-bond acceptors (Lipinski definition) is 3. The molecule has 2 rings (SSSR count). The van der Waals surface area contributed by atoms with Crippen LogP contribution in [-0.2, 0) is 6.54 Å². The van der Waals surface area contributed by atoms with Crippen molar-refractivity contribution < 1.29 is 4.39 Å². The first-order valence-corrected chi connectivity index (χ1v) is 6.77. The van der Waals surface area contributed by atoms with Gasteiger partial charge < -0.3 is 5.32 Å². The lowest BCUT2D eigenvalue weighted by molar-refractivity contribution is 0.619. The van der Waals surface area contributed by atoms with Gasteiger partial charge in [-0.15, -0.1) is 5.10 Å². The predicted octanol–water partition coefficient (Wildman–Crippen LogP) is 2.16. The van der Waals surface area contributed by atoms with Crippen LogP contribution in [0.3, 0.4) is 0 Å². The summed E-state index contributed by atoms with van der Waals surface area (Å²) in [6.45, 7) is 3.32. The summed E-state index contributed by atoms with van der Waals surface area (Å²) in [5.74, 6) is 0.168. The van der Waals surface area contributed by atoms with Crippen molar-refractivity contribution in [1.29, 1.82) is 0 Å². The van der Waals surface area contributed by atoms with Gasteiger partial charge in [-0.2, -0.15) is 0 Å². The van der Waals surface area contributed by atoms with Gasteiger partial charge in [0.25, 0.3) is 0 Å². The Morgan fingerprint density at radius 2 is 2.30 bits per heavy atom. The second kappa shape index (κ2) is 6.95. The van der Waals surface area contributed by atoms with E-state index in [1.807, 2.05) is 6.07 Å².